The van der Waals surface area contributed by atoms with E-state index < -0.39 is 13.9 Å². The topological polar surface area (TPSA) is 91.4 Å². The molecule has 65 heavy (non-hydrogen) atoms. The minimum absolute atomic E-state index is 0.125. The molecule has 0 aromatic rings. The Labute approximate surface area is 403 Å². The predicted octanol–water partition coefficient (Wildman–Crippen LogP) is 16.2. The SMILES string of the molecule is CCCCCCCCCCCCCCCCCC(=O)OCC(COP(=O)(O[C@@H]1C[C@H](C)CC[C@H]1C(C)C)N(C)CC[N+](C)(C)C)OC(=O)CCCCCCCCCCCCCCCCC. The molecule has 0 saturated heterocycles. The van der Waals surface area contributed by atoms with Gasteiger partial charge in [-0.3, -0.25) is 18.6 Å². The standard InChI is InChI=1S/C55H110N2O7P/c1-10-12-14-16-18-20-22-24-26-28-30-32-34-36-38-40-54(58)61-47-51(63-55(59)41-39-37-35-33-31-29-27-25-23-21-19-17-15-13-11-2)48-62-65(60,56(6)44-45-57(7,8)9)64-53-46-50(5)42-43-52(53)49(3)4/h49-53H,10-48H2,1-9H3/q+1/t50-,51?,52+,53-,65?/m1/s1. The predicted molar refractivity (Wildman–Crippen MR) is 275 cm³/mol. The molecule has 0 radical (unpaired) electrons. The van der Waals surface area contributed by atoms with Crippen LogP contribution in [0.15, 0.2) is 0 Å². The summed E-state index contributed by atoms with van der Waals surface area (Å²) in [6, 6.07) is 0. The van der Waals surface area contributed by atoms with Gasteiger partial charge in [-0.25, -0.2) is 9.24 Å². The van der Waals surface area contributed by atoms with E-state index in [1.54, 1.807) is 4.67 Å². The molecule has 386 valence electrons. The van der Waals surface area contributed by atoms with Crippen molar-refractivity contribution in [3.05, 3.63) is 0 Å². The van der Waals surface area contributed by atoms with Gasteiger partial charge in [-0.1, -0.05) is 221 Å². The van der Waals surface area contributed by atoms with Crippen LogP contribution in [-0.2, 0) is 32.7 Å². The summed E-state index contributed by atoms with van der Waals surface area (Å²) in [6.45, 7) is 12.2. The lowest BCUT2D eigenvalue weighted by Crippen LogP contribution is -2.42. The van der Waals surface area contributed by atoms with Crippen LogP contribution in [0.3, 0.4) is 0 Å². The maximum atomic E-state index is 14.9. The highest BCUT2D eigenvalue weighted by Gasteiger charge is 2.41. The minimum atomic E-state index is -3.82. The molecule has 9 nitrogen and oxygen atoms in total. The fraction of sp³-hybridized carbons (Fsp3) is 0.964. The Balaban J connectivity index is 2.70. The number of rotatable bonds is 45. The quantitative estimate of drug-likeness (QED) is 0.0258. The van der Waals surface area contributed by atoms with Crippen molar-refractivity contribution in [2.75, 3.05) is 54.5 Å². The second kappa shape index (κ2) is 39.8. The molecule has 1 saturated carbocycles. The highest BCUT2D eigenvalue weighted by atomic mass is 31.2. The number of esters is 2. The first-order chi connectivity index (χ1) is 31.2. The Morgan fingerprint density at radius 3 is 1.40 bits per heavy atom. The second-order valence-corrected chi connectivity index (χ2v) is 23.9. The number of hydrogen-bond donors (Lipinski definition) is 0. The van der Waals surface area contributed by atoms with Gasteiger partial charge >= 0.3 is 19.7 Å². The van der Waals surface area contributed by atoms with Crippen LogP contribution in [0, 0.1) is 17.8 Å². The van der Waals surface area contributed by atoms with Gasteiger partial charge in [-0.15, -0.1) is 0 Å². The Kier molecular flexibility index (Phi) is 38.0. The summed E-state index contributed by atoms with van der Waals surface area (Å²) in [6.07, 6.45) is 40.5. The van der Waals surface area contributed by atoms with E-state index in [1.165, 1.54) is 154 Å². The molecule has 2 unspecified atom stereocenters. The van der Waals surface area contributed by atoms with Crippen LogP contribution in [0.5, 0.6) is 0 Å². The van der Waals surface area contributed by atoms with Crippen LogP contribution < -0.4 is 0 Å². The average Bonchev–Trinajstić information content (AvgIpc) is 3.26. The summed E-state index contributed by atoms with van der Waals surface area (Å²) >= 11 is 0. The number of nitrogens with zero attached hydrogens (tertiary/aromatic N) is 2. The van der Waals surface area contributed by atoms with Crippen molar-refractivity contribution in [3.8, 4) is 0 Å². The maximum absolute atomic E-state index is 14.9. The number of hydrogen-bond acceptors (Lipinski definition) is 7. The zero-order valence-corrected chi connectivity index (χ0v) is 45.6. The third-order valence-electron chi connectivity index (χ3n) is 13.9. The zero-order valence-electron chi connectivity index (χ0n) is 44.7. The molecule has 1 aliphatic rings. The zero-order chi connectivity index (χ0) is 48.0. The Morgan fingerprint density at radius 2 is 1.00 bits per heavy atom. The average molecular weight is 942 g/mol. The first-order valence-corrected chi connectivity index (χ1v) is 29.5. The molecule has 0 bridgehead atoms. The van der Waals surface area contributed by atoms with Crippen LogP contribution in [0.4, 0.5) is 0 Å². The van der Waals surface area contributed by atoms with Gasteiger partial charge in [0.2, 0.25) is 0 Å². The second-order valence-electron chi connectivity index (χ2n) is 21.8. The molecule has 0 heterocycles. The third kappa shape index (κ3) is 34.9. The van der Waals surface area contributed by atoms with Crippen LogP contribution in [-0.4, -0.2) is 87.8 Å². The molecule has 1 fully saturated rings. The number of quaternary nitrogens is 1. The molecular weight excluding hydrogens is 832 g/mol. The lowest BCUT2D eigenvalue weighted by atomic mass is 9.75. The smallest absolute Gasteiger partial charge is 0.408 e. The first-order valence-electron chi connectivity index (χ1n) is 28.0. The van der Waals surface area contributed by atoms with E-state index in [-0.39, 0.29) is 37.2 Å². The van der Waals surface area contributed by atoms with Crippen molar-refractivity contribution in [3.63, 3.8) is 0 Å². The molecule has 1 aliphatic carbocycles. The summed E-state index contributed by atoms with van der Waals surface area (Å²) in [4.78, 5) is 26.3. The highest BCUT2D eigenvalue weighted by Crippen LogP contribution is 2.55. The molecule has 0 aliphatic heterocycles. The normalized spacial score (nSPS) is 18.3. The lowest BCUT2D eigenvalue weighted by Gasteiger charge is -2.40. The van der Waals surface area contributed by atoms with Crippen molar-refractivity contribution >= 4 is 19.7 Å². The van der Waals surface area contributed by atoms with Gasteiger partial charge in [0, 0.05) is 12.8 Å². The summed E-state index contributed by atoms with van der Waals surface area (Å²) in [5.41, 5.74) is 0. The van der Waals surface area contributed by atoms with Gasteiger partial charge in [0.1, 0.15) is 6.61 Å². The van der Waals surface area contributed by atoms with E-state index in [0.29, 0.717) is 35.7 Å². The van der Waals surface area contributed by atoms with Crippen molar-refractivity contribution in [2.45, 2.75) is 272 Å². The molecule has 0 spiro atoms. The van der Waals surface area contributed by atoms with E-state index in [4.69, 9.17) is 18.5 Å². The monoisotopic (exact) mass is 942 g/mol. The number of carbonyl (C=O) groups is 2. The Hall–Kier alpha value is -0.990. The van der Waals surface area contributed by atoms with Gasteiger partial charge in [-0.05, 0) is 50.5 Å². The largest absolute Gasteiger partial charge is 0.462 e. The Bertz CT molecular complexity index is 1180. The van der Waals surface area contributed by atoms with E-state index in [0.717, 1.165) is 64.3 Å². The van der Waals surface area contributed by atoms with Crippen molar-refractivity contribution in [1.29, 1.82) is 0 Å². The van der Waals surface area contributed by atoms with Crippen LogP contribution >= 0.6 is 7.75 Å². The number of carbonyl (C=O) groups excluding carboxylic acids is 2. The van der Waals surface area contributed by atoms with Crippen molar-refractivity contribution in [1.82, 2.24) is 4.67 Å². The van der Waals surface area contributed by atoms with Crippen molar-refractivity contribution in [2.24, 2.45) is 17.8 Å². The minimum Gasteiger partial charge on any atom is -0.462 e. The van der Waals surface area contributed by atoms with Gasteiger partial charge in [0.05, 0.1) is 46.9 Å². The van der Waals surface area contributed by atoms with Crippen LogP contribution in [0.2, 0.25) is 0 Å². The van der Waals surface area contributed by atoms with Gasteiger partial charge < -0.3 is 14.0 Å². The fourth-order valence-electron chi connectivity index (χ4n) is 9.26. The summed E-state index contributed by atoms with van der Waals surface area (Å²) in [5.74, 6) is 0.506. The number of likely N-dealkylation sites (N-methyl/N-ethyl adjacent to an activating group) is 2. The molecule has 0 aromatic heterocycles. The summed E-state index contributed by atoms with van der Waals surface area (Å²) in [7, 11) is 4.32. The first kappa shape index (κ1) is 62.0. The highest BCUT2D eigenvalue weighted by molar-refractivity contribution is 7.51. The Morgan fingerprint density at radius 1 is 0.600 bits per heavy atom. The van der Waals surface area contributed by atoms with Crippen molar-refractivity contribution < 1.29 is 37.2 Å². The third-order valence-corrected chi connectivity index (χ3v) is 15.9. The van der Waals surface area contributed by atoms with E-state index in [2.05, 4.69) is 55.8 Å². The molecule has 0 amide bonds. The molecule has 1 rings (SSSR count). The van der Waals surface area contributed by atoms with Gasteiger partial charge in [0.25, 0.3) is 0 Å². The van der Waals surface area contributed by atoms with E-state index >= 15 is 0 Å². The summed E-state index contributed by atoms with van der Waals surface area (Å²) < 4.78 is 42.0. The summed E-state index contributed by atoms with van der Waals surface area (Å²) in [5, 5.41) is 0. The molecule has 0 N–H and O–H groups in total. The van der Waals surface area contributed by atoms with Gasteiger partial charge in [-0.2, -0.15) is 0 Å². The van der Waals surface area contributed by atoms with E-state index in [9.17, 15) is 14.2 Å². The number of unbranched alkanes of at least 4 members (excludes halogenated alkanes) is 28. The number of ether oxygens (including phenoxy) is 2. The lowest BCUT2D eigenvalue weighted by molar-refractivity contribution is -0.869. The van der Waals surface area contributed by atoms with Gasteiger partial charge in [0.15, 0.2) is 6.10 Å². The molecular formula is C55H110N2O7P+. The molecule has 0 aromatic carbocycles. The van der Waals surface area contributed by atoms with E-state index in [1.807, 2.05) is 7.05 Å². The van der Waals surface area contributed by atoms with Crippen LogP contribution in [0.25, 0.3) is 0 Å². The molecule has 10 heteroatoms. The maximum Gasteiger partial charge on any atom is 0.408 e. The van der Waals surface area contributed by atoms with Crippen LogP contribution in [0.1, 0.15) is 259 Å². The fourth-order valence-corrected chi connectivity index (χ4v) is 11.0. The molecule has 5 atom stereocenters.